The Hall–Kier alpha value is -2.87. The van der Waals surface area contributed by atoms with E-state index in [1.54, 1.807) is 11.1 Å². The van der Waals surface area contributed by atoms with Gasteiger partial charge in [-0.1, -0.05) is 6.07 Å². The maximum Gasteiger partial charge on any atom is 0.409 e. The summed E-state index contributed by atoms with van der Waals surface area (Å²) in [4.78, 5) is 27.0. The molecule has 8 nitrogen and oxygen atoms in total. The zero-order valence-corrected chi connectivity index (χ0v) is 19.9. The number of amides is 2. The van der Waals surface area contributed by atoms with Crippen molar-refractivity contribution in [3.8, 4) is 5.69 Å². The molecule has 0 aliphatic carbocycles. The first-order chi connectivity index (χ1) is 16.0. The average molecular weight is 454 g/mol. The first-order valence-electron chi connectivity index (χ1n) is 12.1. The molecule has 2 fully saturated rings. The number of ether oxygens (including phenoxy) is 1. The molecule has 0 atom stereocenters. The summed E-state index contributed by atoms with van der Waals surface area (Å²) in [7, 11) is 0. The number of rotatable bonds is 5. The second kappa shape index (κ2) is 10.4. The van der Waals surface area contributed by atoms with Crippen molar-refractivity contribution >= 4 is 12.0 Å². The molecule has 2 N–H and O–H groups in total. The smallest absolute Gasteiger partial charge is 0.409 e. The summed E-state index contributed by atoms with van der Waals surface area (Å²) in [5, 5.41) is 11.3. The van der Waals surface area contributed by atoms with Gasteiger partial charge in [0.15, 0.2) is 0 Å². The maximum absolute atomic E-state index is 13.4. The van der Waals surface area contributed by atoms with Crippen molar-refractivity contribution < 1.29 is 14.3 Å². The fraction of sp³-hybridized carbons (Fsp3) is 0.560. The van der Waals surface area contributed by atoms with E-state index in [2.05, 4.69) is 47.8 Å². The van der Waals surface area contributed by atoms with E-state index in [4.69, 9.17) is 4.74 Å². The van der Waals surface area contributed by atoms with E-state index in [1.165, 1.54) is 11.1 Å². The second-order valence-electron chi connectivity index (χ2n) is 9.08. The number of hydrogen-bond acceptors (Lipinski definition) is 5. The van der Waals surface area contributed by atoms with Gasteiger partial charge in [-0.05, 0) is 82.8 Å². The van der Waals surface area contributed by atoms with Gasteiger partial charge in [0.1, 0.15) is 0 Å². The molecule has 4 rings (SSSR count). The standard InChI is InChI=1S/C25H35N5O3/c1-4-33-25(32)29-13-9-20(10-14-29)28-24(31)22-16-27-30(21-6-5-17(2)18(3)15-21)23(22)19-7-11-26-12-8-19/h5-6,15-16,19-20,26H,4,7-14H2,1-3H3,(H,28,31). The molecule has 0 unspecified atom stereocenters. The summed E-state index contributed by atoms with van der Waals surface area (Å²) in [6.45, 7) is 9.44. The van der Waals surface area contributed by atoms with Gasteiger partial charge >= 0.3 is 6.09 Å². The van der Waals surface area contributed by atoms with Gasteiger partial charge in [0, 0.05) is 25.0 Å². The van der Waals surface area contributed by atoms with E-state index in [0.717, 1.165) is 50.2 Å². The van der Waals surface area contributed by atoms with Gasteiger partial charge in [-0.25, -0.2) is 9.48 Å². The molecule has 0 spiro atoms. The molecule has 178 valence electrons. The lowest BCUT2D eigenvalue weighted by molar-refractivity contribution is 0.0859. The lowest BCUT2D eigenvalue weighted by Gasteiger charge is -2.31. The Kier molecular flexibility index (Phi) is 7.33. The zero-order valence-electron chi connectivity index (χ0n) is 19.9. The molecule has 1 aromatic carbocycles. The lowest BCUT2D eigenvalue weighted by atomic mass is 9.91. The third kappa shape index (κ3) is 5.21. The van der Waals surface area contributed by atoms with Crippen LogP contribution in [-0.4, -0.2) is 65.5 Å². The van der Waals surface area contributed by atoms with Crippen LogP contribution in [0.15, 0.2) is 24.4 Å². The molecule has 1 aromatic heterocycles. The number of aryl methyl sites for hydroxylation is 2. The van der Waals surface area contributed by atoms with Gasteiger partial charge in [-0.3, -0.25) is 4.79 Å². The van der Waals surface area contributed by atoms with Crippen LogP contribution in [0.25, 0.3) is 5.69 Å². The minimum atomic E-state index is -0.273. The molecule has 33 heavy (non-hydrogen) atoms. The second-order valence-corrected chi connectivity index (χ2v) is 9.08. The molecule has 2 aliphatic rings. The Balaban J connectivity index is 1.53. The number of nitrogens with one attached hydrogen (secondary N) is 2. The highest BCUT2D eigenvalue weighted by Crippen LogP contribution is 2.31. The molecule has 2 aromatic rings. The summed E-state index contributed by atoms with van der Waals surface area (Å²) >= 11 is 0. The molecule has 2 saturated heterocycles. The molecule has 2 aliphatic heterocycles. The number of carbonyl (C=O) groups excluding carboxylic acids is 2. The molecular formula is C25H35N5O3. The predicted molar refractivity (Wildman–Crippen MR) is 127 cm³/mol. The highest BCUT2D eigenvalue weighted by Gasteiger charge is 2.30. The van der Waals surface area contributed by atoms with Crippen molar-refractivity contribution in [2.24, 2.45) is 0 Å². The number of piperidine rings is 2. The fourth-order valence-corrected chi connectivity index (χ4v) is 4.77. The zero-order chi connectivity index (χ0) is 23.4. The maximum atomic E-state index is 13.4. The SMILES string of the molecule is CCOC(=O)N1CCC(NC(=O)c2cnn(-c3ccc(C)c(C)c3)c2C2CCNCC2)CC1. The van der Waals surface area contributed by atoms with Crippen LogP contribution in [0.1, 0.15) is 65.7 Å². The van der Waals surface area contributed by atoms with E-state index >= 15 is 0 Å². The van der Waals surface area contributed by atoms with Crippen LogP contribution in [0.3, 0.4) is 0 Å². The summed E-state index contributed by atoms with van der Waals surface area (Å²) < 4.78 is 7.05. The van der Waals surface area contributed by atoms with Gasteiger partial charge in [-0.15, -0.1) is 0 Å². The Bertz CT molecular complexity index is 988. The van der Waals surface area contributed by atoms with Crippen LogP contribution < -0.4 is 10.6 Å². The normalized spacial score (nSPS) is 17.7. The van der Waals surface area contributed by atoms with Crippen LogP contribution in [-0.2, 0) is 4.74 Å². The topological polar surface area (TPSA) is 88.5 Å². The van der Waals surface area contributed by atoms with Crippen molar-refractivity contribution in [2.75, 3.05) is 32.8 Å². The Morgan fingerprint density at radius 1 is 1.12 bits per heavy atom. The fourth-order valence-electron chi connectivity index (χ4n) is 4.77. The summed E-state index contributed by atoms with van der Waals surface area (Å²) in [6.07, 6.45) is 4.85. The average Bonchev–Trinajstić information content (AvgIpc) is 3.27. The van der Waals surface area contributed by atoms with E-state index < -0.39 is 0 Å². The Morgan fingerprint density at radius 2 is 1.85 bits per heavy atom. The first kappa shape index (κ1) is 23.3. The minimum absolute atomic E-state index is 0.0361. The highest BCUT2D eigenvalue weighted by atomic mass is 16.6. The third-order valence-electron chi connectivity index (χ3n) is 6.87. The van der Waals surface area contributed by atoms with Crippen molar-refractivity contribution in [3.63, 3.8) is 0 Å². The molecule has 0 radical (unpaired) electrons. The summed E-state index contributed by atoms with van der Waals surface area (Å²) in [5.41, 5.74) is 5.10. The molecule has 0 saturated carbocycles. The number of likely N-dealkylation sites (tertiary alicyclic amines) is 1. The van der Waals surface area contributed by atoms with Crippen molar-refractivity contribution in [1.29, 1.82) is 0 Å². The van der Waals surface area contributed by atoms with Crippen LogP contribution in [0.5, 0.6) is 0 Å². The largest absolute Gasteiger partial charge is 0.450 e. The predicted octanol–water partition coefficient (Wildman–Crippen LogP) is 3.31. The van der Waals surface area contributed by atoms with Crippen LogP contribution >= 0.6 is 0 Å². The lowest BCUT2D eigenvalue weighted by Crippen LogP contribution is -2.46. The van der Waals surface area contributed by atoms with Crippen LogP contribution in [0.4, 0.5) is 4.79 Å². The summed E-state index contributed by atoms with van der Waals surface area (Å²) in [5.74, 6) is 0.204. The van der Waals surface area contributed by atoms with Gasteiger partial charge < -0.3 is 20.3 Å². The van der Waals surface area contributed by atoms with Crippen LogP contribution in [0.2, 0.25) is 0 Å². The first-order valence-corrected chi connectivity index (χ1v) is 12.1. The van der Waals surface area contributed by atoms with E-state index in [1.807, 2.05) is 11.6 Å². The Labute approximate surface area is 195 Å². The molecule has 2 amide bonds. The number of hydrogen-bond donors (Lipinski definition) is 2. The number of carbonyl (C=O) groups is 2. The van der Waals surface area contributed by atoms with Crippen LogP contribution in [0, 0.1) is 13.8 Å². The molecule has 3 heterocycles. The van der Waals surface area contributed by atoms with Gasteiger partial charge in [0.2, 0.25) is 0 Å². The van der Waals surface area contributed by atoms with Gasteiger partial charge in [0.05, 0.1) is 29.7 Å². The molecular weight excluding hydrogens is 418 g/mol. The number of nitrogens with zero attached hydrogens (tertiary/aromatic N) is 3. The van der Waals surface area contributed by atoms with Crippen molar-refractivity contribution in [2.45, 2.75) is 58.4 Å². The Morgan fingerprint density at radius 3 is 2.52 bits per heavy atom. The highest BCUT2D eigenvalue weighted by molar-refractivity contribution is 5.95. The quantitative estimate of drug-likeness (QED) is 0.725. The third-order valence-corrected chi connectivity index (χ3v) is 6.87. The van der Waals surface area contributed by atoms with E-state index in [0.29, 0.717) is 25.3 Å². The van der Waals surface area contributed by atoms with Gasteiger partial charge in [-0.2, -0.15) is 5.10 Å². The van der Waals surface area contributed by atoms with E-state index in [-0.39, 0.29) is 24.0 Å². The van der Waals surface area contributed by atoms with Crippen molar-refractivity contribution in [3.05, 3.63) is 46.8 Å². The monoisotopic (exact) mass is 453 g/mol. The number of aromatic nitrogens is 2. The summed E-state index contributed by atoms with van der Waals surface area (Å²) in [6, 6.07) is 6.36. The molecule has 0 bridgehead atoms. The van der Waals surface area contributed by atoms with Gasteiger partial charge in [0.25, 0.3) is 5.91 Å². The molecule has 8 heteroatoms. The minimum Gasteiger partial charge on any atom is -0.450 e. The van der Waals surface area contributed by atoms with Crippen molar-refractivity contribution in [1.82, 2.24) is 25.3 Å². The van der Waals surface area contributed by atoms with E-state index in [9.17, 15) is 9.59 Å². The number of benzene rings is 1.